The van der Waals surface area contributed by atoms with Crippen molar-refractivity contribution in [3.63, 3.8) is 0 Å². The molecule has 0 saturated heterocycles. The smallest absolute Gasteiger partial charge is 0.251 e. The fourth-order valence-electron chi connectivity index (χ4n) is 2.90. The lowest BCUT2D eigenvalue weighted by atomic mass is 10.1. The number of ether oxygens (including phenoxy) is 1. The summed E-state index contributed by atoms with van der Waals surface area (Å²) in [4.78, 5) is 15.8. The molecule has 1 heterocycles. The molecule has 0 aliphatic carbocycles. The van der Waals surface area contributed by atoms with Gasteiger partial charge < -0.3 is 20.7 Å². The van der Waals surface area contributed by atoms with Crippen LogP contribution < -0.4 is 20.7 Å². The molecule has 1 aliphatic heterocycles. The van der Waals surface area contributed by atoms with Crippen LogP contribution in [-0.4, -0.2) is 38.6 Å². The molecule has 3 rings (SSSR count). The highest BCUT2D eigenvalue weighted by atomic mass is 16.5. The summed E-state index contributed by atoms with van der Waals surface area (Å²) in [7, 11) is 3.37. The molecule has 0 bridgehead atoms. The van der Waals surface area contributed by atoms with Crippen LogP contribution in [0, 0.1) is 0 Å². The number of rotatable bonds is 5. The minimum absolute atomic E-state index is 0.0838. The lowest BCUT2D eigenvalue weighted by molar-refractivity contribution is 0.0963. The summed E-state index contributed by atoms with van der Waals surface area (Å²) in [5.74, 6) is 1.61. The maximum atomic E-state index is 11.6. The summed E-state index contributed by atoms with van der Waals surface area (Å²) in [6.45, 7) is 1.31. The van der Waals surface area contributed by atoms with E-state index in [0.717, 1.165) is 23.7 Å². The first-order chi connectivity index (χ1) is 12.7. The minimum Gasteiger partial charge on any atom is -0.488 e. The Bertz CT molecular complexity index is 762. The standard InChI is InChI=1S/C20H24N4O2/c1-21-19(25)15-9-7-14(8-10-15)12-23-20(22-2)24-13-17-11-16-5-3-4-6-18(16)26-17/h3-10,17H,11-13H2,1-2H3,(H,21,25)(H2,22,23,24). The molecule has 26 heavy (non-hydrogen) atoms. The van der Waals surface area contributed by atoms with Crippen LogP contribution in [0.25, 0.3) is 0 Å². The summed E-state index contributed by atoms with van der Waals surface area (Å²) < 4.78 is 5.93. The van der Waals surface area contributed by atoms with Crippen LogP contribution in [0.15, 0.2) is 53.5 Å². The maximum absolute atomic E-state index is 11.6. The van der Waals surface area contributed by atoms with E-state index in [9.17, 15) is 4.79 Å². The van der Waals surface area contributed by atoms with Gasteiger partial charge in [0, 0.05) is 32.6 Å². The third kappa shape index (κ3) is 4.33. The highest BCUT2D eigenvalue weighted by Gasteiger charge is 2.22. The van der Waals surface area contributed by atoms with Crippen molar-refractivity contribution in [2.75, 3.05) is 20.6 Å². The van der Waals surface area contributed by atoms with Crippen LogP contribution >= 0.6 is 0 Å². The lowest BCUT2D eigenvalue weighted by Gasteiger charge is -2.15. The number of hydrogen-bond acceptors (Lipinski definition) is 3. The number of guanidine groups is 1. The normalized spacial score (nSPS) is 15.8. The molecule has 0 spiro atoms. The van der Waals surface area contributed by atoms with E-state index in [-0.39, 0.29) is 12.0 Å². The molecule has 1 unspecified atom stereocenters. The molecular formula is C20H24N4O2. The van der Waals surface area contributed by atoms with Crippen molar-refractivity contribution >= 4 is 11.9 Å². The van der Waals surface area contributed by atoms with Gasteiger partial charge >= 0.3 is 0 Å². The van der Waals surface area contributed by atoms with E-state index in [1.54, 1.807) is 14.1 Å². The van der Waals surface area contributed by atoms with E-state index >= 15 is 0 Å². The van der Waals surface area contributed by atoms with Crippen LogP contribution in [-0.2, 0) is 13.0 Å². The summed E-state index contributed by atoms with van der Waals surface area (Å²) in [6.07, 6.45) is 1.01. The van der Waals surface area contributed by atoms with Gasteiger partial charge in [-0.05, 0) is 29.3 Å². The van der Waals surface area contributed by atoms with Gasteiger partial charge in [0.2, 0.25) is 0 Å². The van der Waals surface area contributed by atoms with Crippen LogP contribution in [0.3, 0.4) is 0 Å². The average molecular weight is 352 g/mol. The zero-order valence-electron chi connectivity index (χ0n) is 15.1. The summed E-state index contributed by atoms with van der Waals surface area (Å²) in [5, 5.41) is 9.20. The molecule has 1 aliphatic rings. The number of para-hydroxylation sites is 1. The number of hydrogen-bond donors (Lipinski definition) is 3. The van der Waals surface area contributed by atoms with Gasteiger partial charge in [0.05, 0.1) is 6.54 Å². The molecule has 6 nitrogen and oxygen atoms in total. The lowest BCUT2D eigenvalue weighted by Crippen LogP contribution is -2.41. The SMILES string of the molecule is CN=C(NCc1ccc(C(=O)NC)cc1)NCC1Cc2ccccc2O1. The molecule has 2 aromatic carbocycles. The zero-order chi connectivity index (χ0) is 18.4. The molecular weight excluding hydrogens is 328 g/mol. The van der Waals surface area contributed by atoms with Gasteiger partial charge in [-0.1, -0.05) is 30.3 Å². The summed E-state index contributed by atoms with van der Waals surface area (Å²) >= 11 is 0. The first kappa shape index (κ1) is 17.8. The van der Waals surface area contributed by atoms with E-state index in [1.165, 1.54) is 5.56 Å². The highest BCUT2D eigenvalue weighted by molar-refractivity contribution is 5.93. The number of nitrogens with zero attached hydrogens (tertiary/aromatic N) is 1. The molecule has 0 radical (unpaired) electrons. The first-order valence-corrected chi connectivity index (χ1v) is 8.69. The van der Waals surface area contributed by atoms with Crippen molar-refractivity contribution in [3.8, 4) is 5.75 Å². The minimum atomic E-state index is -0.0838. The predicted octanol–water partition coefficient (Wildman–Crippen LogP) is 1.71. The molecule has 0 aromatic heterocycles. The van der Waals surface area contributed by atoms with Gasteiger partial charge in [-0.25, -0.2) is 0 Å². The van der Waals surface area contributed by atoms with Crippen LogP contribution in [0.5, 0.6) is 5.75 Å². The maximum Gasteiger partial charge on any atom is 0.251 e. The Morgan fingerprint density at radius 2 is 1.92 bits per heavy atom. The van der Waals surface area contributed by atoms with Gasteiger partial charge in [-0.15, -0.1) is 0 Å². The molecule has 2 aromatic rings. The Hall–Kier alpha value is -3.02. The van der Waals surface area contributed by atoms with E-state index < -0.39 is 0 Å². The van der Waals surface area contributed by atoms with Gasteiger partial charge in [-0.3, -0.25) is 9.79 Å². The number of amides is 1. The quantitative estimate of drug-likeness (QED) is 0.566. The second-order valence-corrected chi connectivity index (χ2v) is 6.13. The monoisotopic (exact) mass is 352 g/mol. The molecule has 1 amide bonds. The molecule has 3 N–H and O–H groups in total. The molecule has 6 heteroatoms. The highest BCUT2D eigenvalue weighted by Crippen LogP contribution is 2.27. The fourth-order valence-corrected chi connectivity index (χ4v) is 2.90. The van der Waals surface area contributed by atoms with Crippen molar-refractivity contribution in [3.05, 3.63) is 65.2 Å². The van der Waals surface area contributed by atoms with Crippen LogP contribution in [0.4, 0.5) is 0 Å². The summed E-state index contributed by atoms with van der Waals surface area (Å²) in [6, 6.07) is 15.6. The second kappa shape index (κ2) is 8.38. The Morgan fingerprint density at radius 3 is 2.62 bits per heavy atom. The fraction of sp³-hybridized carbons (Fsp3) is 0.300. The number of carbonyl (C=O) groups excluding carboxylic acids is 1. The van der Waals surface area contributed by atoms with Crippen molar-refractivity contribution in [1.29, 1.82) is 0 Å². The molecule has 1 atom stereocenters. The Kier molecular flexibility index (Phi) is 5.73. The number of nitrogens with one attached hydrogen (secondary N) is 3. The van der Waals surface area contributed by atoms with E-state index in [2.05, 4.69) is 27.0 Å². The third-order valence-corrected chi connectivity index (χ3v) is 4.34. The van der Waals surface area contributed by atoms with Crippen molar-refractivity contribution in [2.24, 2.45) is 4.99 Å². The van der Waals surface area contributed by atoms with E-state index in [4.69, 9.17) is 4.74 Å². The number of carbonyl (C=O) groups is 1. The Balaban J connectivity index is 1.46. The zero-order valence-corrected chi connectivity index (χ0v) is 15.1. The Labute approximate surface area is 153 Å². The number of fused-ring (bicyclic) bond motifs is 1. The van der Waals surface area contributed by atoms with Crippen molar-refractivity contribution in [1.82, 2.24) is 16.0 Å². The molecule has 136 valence electrons. The first-order valence-electron chi connectivity index (χ1n) is 8.69. The summed E-state index contributed by atoms with van der Waals surface area (Å²) in [5.41, 5.74) is 2.97. The number of benzene rings is 2. The van der Waals surface area contributed by atoms with Crippen LogP contribution in [0.1, 0.15) is 21.5 Å². The van der Waals surface area contributed by atoms with Gasteiger partial charge in [0.1, 0.15) is 11.9 Å². The average Bonchev–Trinajstić information content (AvgIpc) is 3.11. The third-order valence-electron chi connectivity index (χ3n) is 4.34. The largest absolute Gasteiger partial charge is 0.488 e. The van der Waals surface area contributed by atoms with Crippen LogP contribution in [0.2, 0.25) is 0 Å². The topological polar surface area (TPSA) is 74.8 Å². The van der Waals surface area contributed by atoms with E-state index in [0.29, 0.717) is 18.7 Å². The second-order valence-electron chi connectivity index (χ2n) is 6.13. The van der Waals surface area contributed by atoms with Crippen molar-refractivity contribution < 1.29 is 9.53 Å². The molecule has 0 fully saturated rings. The molecule has 0 saturated carbocycles. The van der Waals surface area contributed by atoms with Gasteiger partial charge in [0.15, 0.2) is 5.96 Å². The predicted molar refractivity (Wildman–Crippen MR) is 103 cm³/mol. The van der Waals surface area contributed by atoms with Gasteiger partial charge in [-0.2, -0.15) is 0 Å². The van der Waals surface area contributed by atoms with Crippen molar-refractivity contribution in [2.45, 2.75) is 19.1 Å². The number of aliphatic imine (C=N–C) groups is 1. The Morgan fingerprint density at radius 1 is 1.15 bits per heavy atom. The van der Waals surface area contributed by atoms with E-state index in [1.807, 2.05) is 42.5 Å². The van der Waals surface area contributed by atoms with Gasteiger partial charge in [0.25, 0.3) is 5.91 Å².